The van der Waals surface area contributed by atoms with Gasteiger partial charge in [-0.3, -0.25) is 4.79 Å². The monoisotopic (exact) mass is 286 g/mol. The third-order valence-corrected chi connectivity index (χ3v) is 3.16. The summed E-state index contributed by atoms with van der Waals surface area (Å²) in [5.74, 6) is 0.956. The zero-order valence-electron chi connectivity index (χ0n) is 12.3. The van der Waals surface area contributed by atoms with E-state index in [0.29, 0.717) is 28.4 Å². The molecule has 21 heavy (non-hydrogen) atoms. The average molecular weight is 286 g/mol. The van der Waals surface area contributed by atoms with Gasteiger partial charge in [0.2, 0.25) is 0 Å². The zero-order valence-corrected chi connectivity index (χ0v) is 12.3. The van der Waals surface area contributed by atoms with Crippen LogP contribution in [0.4, 0.5) is 11.4 Å². The quantitative estimate of drug-likeness (QED) is 0.848. The highest BCUT2D eigenvalue weighted by atomic mass is 16.5. The number of benzene rings is 2. The van der Waals surface area contributed by atoms with Gasteiger partial charge < -0.3 is 20.5 Å². The van der Waals surface area contributed by atoms with E-state index in [1.807, 2.05) is 13.0 Å². The Morgan fingerprint density at radius 3 is 2.52 bits per heavy atom. The second-order valence-electron chi connectivity index (χ2n) is 4.59. The molecule has 0 atom stereocenters. The van der Waals surface area contributed by atoms with Crippen molar-refractivity contribution in [2.45, 2.75) is 6.92 Å². The molecule has 0 spiro atoms. The Labute approximate surface area is 123 Å². The maximum Gasteiger partial charge on any atom is 0.256 e. The first kappa shape index (κ1) is 14.7. The molecule has 5 nitrogen and oxygen atoms in total. The van der Waals surface area contributed by atoms with E-state index in [4.69, 9.17) is 15.2 Å². The number of hydrogen-bond acceptors (Lipinski definition) is 4. The van der Waals surface area contributed by atoms with Crippen LogP contribution >= 0.6 is 0 Å². The molecule has 0 heterocycles. The summed E-state index contributed by atoms with van der Waals surface area (Å²) < 4.78 is 10.4. The normalized spacial score (nSPS) is 10.0. The third kappa shape index (κ3) is 3.25. The number of rotatable bonds is 4. The van der Waals surface area contributed by atoms with Gasteiger partial charge in [0.1, 0.15) is 11.5 Å². The van der Waals surface area contributed by atoms with Gasteiger partial charge in [0.05, 0.1) is 19.9 Å². The number of aryl methyl sites for hydroxylation is 1. The van der Waals surface area contributed by atoms with E-state index < -0.39 is 0 Å². The maximum absolute atomic E-state index is 12.4. The Balaban J connectivity index is 2.29. The summed E-state index contributed by atoms with van der Waals surface area (Å²) in [5, 5.41) is 2.82. The van der Waals surface area contributed by atoms with Crippen molar-refractivity contribution in [3.05, 3.63) is 47.5 Å². The summed E-state index contributed by atoms with van der Waals surface area (Å²) in [7, 11) is 3.11. The molecule has 2 aromatic rings. The fraction of sp³-hybridized carbons (Fsp3) is 0.188. The largest absolute Gasteiger partial charge is 0.497 e. The molecule has 5 heteroatoms. The molecule has 0 unspecified atom stereocenters. The number of anilines is 2. The molecule has 0 aliphatic carbocycles. The molecule has 0 fully saturated rings. The van der Waals surface area contributed by atoms with Crippen molar-refractivity contribution in [3.8, 4) is 11.5 Å². The number of ether oxygens (including phenoxy) is 2. The van der Waals surface area contributed by atoms with Gasteiger partial charge in [-0.1, -0.05) is 6.07 Å². The highest BCUT2D eigenvalue weighted by molar-refractivity contribution is 6.06. The van der Waals surface area contributed by atoms with Gasteiger partial charge in [-0.15, -0.1) is 0 Å². The maximum atomic E-state index is 12.4. The van der Waals surface area contributed by atoms with E-state index in [2.05, 4.69) is 5.32 Å². The Bertz CT molecular complexity index is 669. The first-order valence-corrected chi connectivity index (χ1v) is 6.44. The number of amides is 1. The summed E-state index contributed by atoms with van der Waals surface area (Å²) >= 11 is 0. The van der Waals surface area contributed by atoms with Crippen LogP contribution in [0.25, 0.3) is 0 Å². The van der Waals surface area contributed by atoms with Crippen LogP contribution in [0.3, 0.4) is 0 Å². The standard InChI is InChI=1S/C16H18N2O3/c1-10-4-5-11(17)8-13(10)16(19)18-14-7-6-12(20-2)9-15(14)21-3/h4-9H,17H2,1-3H3,(H,18,19). The summed E-state index contributed by atoms with van der Waals surface area (Å²) in [5.41, 5.74) is 8.24. The van der Waals surface area contributed by atoms with E-state index in [-0.39, 0.29) is 5.91 Å². The Hall–Kier alpha value is -2.69. The number of nitrogen functional groups attached to an aromatic ring is 1. The molecule has 0 saturated heterocycles. The van der Waals surface area contributed by atoms with E-state index >= 15 is 0 Å². The van der Waals surface area contributed by atoms with Crippen LogP contribution in [0, 0.1) is 6.92 Å². The fourth-order valence-corrected chi connectivity index (χ4v) is 1.98. The molecule has 0 aliphatic rings. The van der Waals surface area contributed by atoms with Gasteiger partial charge in [-0.05, 0) is 36.8 Å². The van der Waals surface area contributed by atoms with Crippen molar-refractivity contribution in [1.82, 2.24) is 0 Å². The minimum Gasteiger partial charge on any atom is -0.497 e. The molecule has 0 aliphatic heterocycles. The van der Waals surface area contributed by atoms with Gasteiger partial charge in [-0.25, -0.2) is 0 Å². The van der Waals surface area contributed by atoms with Crippen LogP contribution in [-0.4, -0.2) is 20.1 Å². The highest BCUT2D eigenvalue weighted by Gasteiger charge is 2.13. The molecule has 0 aromatic heterocycles. The van der Waals surface area contributed by atoms with E-state index in [9.17, 15) is 4.79 Å². The van der Waals surface area contributed by atoms with Crippen LogP contribution in [0.15, 0.2) is 36.4 Å². The molecule has 3 N–H and O–H groups in total. The summed E-state index contributed by atoms with van der Waals surface area (Å²) in [6, 6.07) is 10.4. The molecular weight excluding hydrogens is 268 g/mol. The topological polar surface area (TPSA) is 73.6 Å². The molecule has 2 aromatic carbocycles. The second kappa shape index (κ2) is 6.17. The van der Waals surface area contributed by atoms with Gasteiger partial charge in [0, 0.05) is 17.3 Å². The number of nitrogens with one attached hydrogen (secondary N) is 1. The van der Waals surface area contributed by atoms with Gasteiger partial charge >= 0.3 is 0 Å². The van der Waals surface area contributed by atoms with Crippen LogP contribution < -0.4 is 20.5 Å². The number of carbonyl (C=O) groups is 1. The lowest BCUT2D eigenvalue weighted by Crippen LogP contribution is -2.14. The number of hydrogen-bond donors (Lipinski definition) is 2. The first-order valence-electron chi connectivity index (χ1n) is 6.44. The van der Waals surface area contributed by atoms with E-state index in [0.717, 1.165) is 5.56 Å². The van der Waals surface area contributed by atoms with Gasteiger partial charge in [0.25, 0.3) is 5.91 Å². The Morgan fingerprint density at radius 2 is 1.86 bits per heavy atom. The van der Waals surface area contributed by atoms with Crippen LogP contribution in [0.5, 0.6) is 11.5 Å². The molecule has 0 radical (unpaired) electrons. The Kier molecular flexibility index (Phi) is 4.33. The van der Waals surface area contributed by atoms with Crippen LogP contribution in [0.1, 0.15) is 15.9 Å². The van der Waals surface area contributed by atoms with Crippen molar-refractivity contribution >= 4 is 17.3 Å². The lowest BCUT2D eigenvalue weighted by atomic mass is 10.1. The van der Waals surface area contributed by atoms with Crippen molar-refractivity contribution < 1.29 is 14.3 Å². The number of methoxy groups -OCH3 is 2. The zero-order chi connectivity index (χ0) is 15.4. The first-order chi connectivity index (χ1) is 10.0. The summed E-state index contributed by atoms with van der Waals surface area (Å²) in [6.45, 7) is 1.86. The molecule has 2 rings (SSSR count). The minimum atomic E-state index is -0.233. The molecule has 1 amide bonds. The van der Waals surface area contributed by atoms with Crippen molar-refractivity contribution in [1.29, 1.82) is 0 Å². The molecule has 0 saturated carbocycles. The van der Waals surface area contributed by atoms with E-state index in [1.54, 1.807) is 37.4 Å². The highest BCUT2D eigenvalue weighted by Crippen LogP contribution is 2.29. The summed E-state index contributed by atoms with van der Waals surface area (Å²) in [6.07, 6.45) is 0. The lowest BCUT2D eigenvalue weighted by molar-refractivity contribution is 0.102. The van der Waals surface area contributed by atoms with Crippen molar-refractivity contribution in [2.24, 2.45) is 0 Å². The average Bonchev–Trinajstić information content (AvgIpc) is 2.49. The summed E-state index contributed by atoms with van der Waals surface area (Å²) in [4.78, 5) is 12.4. The van der Waals surface area contributed by atoms with Crippen LogP contribution in [-0.2, 0) is 0 Å². The fourth-order valence-electron chi connectivity index (χ4n) is 1.98. The molecule has 110 valence electrons. The van der Waals surface area contributed by atoms with Gasteiger partial charge in [-0.2, -0.15) is 0 Å². The molecule has 0 bridgehead atoms. The predicted molar refractivity (Wildman–Crippen MR) is 83.1 cm³/mol. The van der Waals surface area contributed by atoms with Gasteiger partial charge in [0.15, 0.2) is 0 Å². The predicted octanol–water partition coefficient (Wildman–Crippen LogP) is 2.85. The minimum absolute atomic E-state index is 0.233. The SMILES string of the molecule is COc1ccc(NC(=O)c2cc(N)ccc2C)c(OC)c1. The van der Waals surface area contributed by atoms with E-state index in [1.165, 1.54) is 7.11 Å². The second-order valence-corrected chi connectivity index (χ2v) is 4.59. The third-order valence-electron chi connectivity index (χ3n) is 3.16. The van der Waals surface area contributed by atoms with Crippen LogP contribution in [0.2, 0.25) is 0 Å². The lowest BCUT2D eigenvalue weighted by Gasteiger charge is -2.13. The number of carbonyl (C=O) groups excluding carboxylic acids is 1. The smallest absolute Gasteiger partial charge is 0.256 e. The number of nitrogens with two attached hydrogens (primary N) is 1. The van der Waals surface area contributed by atoms with Crippen molar-refractivity contribution in [3.63, 3.8) is 0 Å². The molecular formula is C16H18N2O3. The Morgan fingerprint density at radius 1 is 1.10 bits per heavy atom. The van der Waals surface area contributed by atoms with Crippen molar-refractivity contribution in [2.75, 3.05) is 25.3 Å².